The number of nitrogens with two attached hydrogens (primary N) is 1. The second kappa shape index (κ2) is 5.01. The van der Waals surface area contributed by atoms with Gasteiger partial charge in [0.05, 0.1) is 18.5 Å². The van der Waals surface area contributed by atoms with E-state index in [1.807, 2.05) is 6.07 Å². The molecule has 2 atom stereocenters. The van der Waals surface area contributed by atoms with Crippen LogP contribution in [0.15, 0.2) is 30.6 Å². The molecule has 2 unspecified atom stereocenters. The number of anilines is 1. The molecule has 1 aromatic rings. The van der Waals surface area contributed by atoms with E-state index in [0.29, 0.717) is 17.5 Å². The van der Waals surface area contributed by atoms with Crippen LogP contribution in [0.1, 0.15) is 19.8 Å². The van der Waals surface area contributed by atoms with Crippen LogP contribution in [0, 0.1) is 11.8 Å². The minimum Gasteiger partial charge on any atom is -0.491 e. The van der Waals surface area contributed by atoms with Gasteiger partial charge in [0.1, 0.15) is 5.75 Å². The molecule has 16 heavy (non-hydrogen) atoms. The van der Waals surface area contributed by atoms with E-state index in [9.17, 15) is 0 Å². The Morgan fingerprint density at radius 1 is 1.44 bits per heavy atom. The number of hydrogen-bond donors (Lipinski definition) is 1. The summed E-state index contributed by atoms with van der Waals surface area (Å²) < 4.78 is 5.75. The largest absolute Gasteiger partial charge is 0.491 e. The van der Waals surface area contributed by atoms with Crippen molar-refractivity contribution >= 4 is 5.69 Å². The zero-order chi connectivity index (χ0) is 11.4. The summed E-state index contributed by atoms with van der Waals surface area (Å²) in [5.74, 6) is 2.03. The molecule has 0 aromatic carbocycles. The van der Waals surface area contributed by atoms with Crippen LogP contribution in [0.2, 0.25) is 0 Å². The van der Waals surface area contributed by atoms with Crippen molar-refractivity contribution in [1.82, 2.24) is 4.98 Å². The first-order valence-electron chi connectivity index (χ1n) is 5.74. The fourth-order valence-corrected chi connectivity index (χ4v) is 1.96. The predicted molar refractivity (Wildman–Crippen MR) is 65.2 cm³/mol. The molecule has 1 heterocycles. The Morgan fingerprint density at radius 2 is 2.25 bits per heavy atom. The molecule has 0 saturated heterocycles. The summed E-state index contributed by atoms with van der Waals surface area (Å²) in [6, 6.07) is 1.82. The molecule has 0 radical (unpaired) electrons. The highest BCUT2D eigenvalue weighted by atomic mass is 16.5. The van der Waals surface area contributed by atoms with Crippen LogP contribution in [0.25, 0.3) is 0 Å². The van der Waals surface area contributed by atoms with Gasteiger partial charge in [0.25, 0.3) is 0 Å². The molecule has 0 aliphatic heterocycles. The van der Waals surface area contributed by atoms with Crippen LogP contribution >= 0.6 is 0 Å². The van der Waals surface area contributed by atoms with E-state index < -0.39 is 0 Å². The van der Waals surface area contributed by atoms with Gasteiger partial charge < -0.3 is 10.5 Å². The molecular formula is C13H18N2O. The van der Waals surface area contributed by atoms with E-state index in [0.717, 1.165) is 25.2 Å². The van der Waals surface area contributed by atoms with E-state index in [1.54, 1.807) is 12.4 Å². The Labute approximate surface area is 96.3 Å². The van der Waals surface area contributed by atoms with Crippen LogP contribution in [0.4, 0.5) is 5.69 Å². The predicted octanol–water partition coefficient (Wildman–Crippen LogP) is 2.64. The molecule has 1 aliphatic carbocycles. The van der Waals surface area contributed by atoms with Crippen LogP contribution in [-0.4, -0.2) is 11.6 Å². The molecule has 86 valence electrons. The Balaban J connectivity index is 1.92. The zero-order valence-electron chi connectivity index (χ0n) is 9.60. The van der Waals surface area contributed by atoms with E-state index >= 15 is 0 Å². The van der Waals surface area contributed by atoms with E-state index in [1.165, 1.54) is 0 Å². The lowest BCUT2D eigenvalue weighted by atomic mass is 9.85. The van der Waals surface area contributed by atoms with Crippen molar-refractivity contribution in [2.75, 3.05) is 12.3 Å². The molecule has 1 aromatic heterocycles. The van der Waals surface area contributed by atoms with Crippen molar-refractivity contribution in [3.8, 4) is 5.75 Å². The standard InChI is InChI=1S/C13H18N2O/c1-10-4-2-3-5-11(10)9-16-13-6-7-15-8-12(13)14/h2-3,6-8,10-11H,4-5,9,14H2,1H3. The first kappa shape index (κ1) is 11.0. The van der Waals surface area contributed by atoms with Gasteiger partial charge in [-0.05, 0) is 24.7 Å². The normalized spacial score (nSPS) is 24.3. The first-order chi connectivity index (χ1) is 7.77. The molecular weight excluding hydrogens is 200 g/mol. The van der Waals surface area contributed by atoms with Gasteiger partial charge in [0, 0.05) is 12.3 Å². The summed E-state index contributed by atoms with van der Waals surface area (Å²) in [4.78, 5) is 3.94. The lowest BCUT2D eigenvalue weighted by molar-refractivity contribution is 0.199. The molecule has 3 nitrogen and oxygen atoms in total. The molecule has 1 aliphatic rings. The molecule has 0 bridgehead atoms. The third kappa shape index (κ3) is 2.54. The van der Waals surface area contributed by atoms with Crippen molar-refractivity contribution in [2.45, 2.75) is 19.8 Å². The summed E-state index contributed by atoms with van der Waals surface area (Å²) in [7, 11) is 0. The highest BCUT2D eigenvalue weighted by molar-refractivity contribution is 5.49. The second-order valence-corrected chi connectivity index (χ2v) is 4.40. The molecule has 0 saturated carbocycles. The Hall–Kier alpha value is -1.51. The average Bonchev–Trinajstić information content (AvgIpc) is 2.30. The van der Waals surface area contributed by atoms with Gasteiger partial charge in [0.2, 0.25) is 0 Å². The van der Waals surface area contributed by atoms with E-state index in [-0.39, 0.29) is 0 Å². The minimum absolute atomic E-state index is 0.595. The van der Waals surface area contributed by atoms with Gasteiger partial charge in [-0.1, -0.05) is 19.1 Å². The van der Waals surface area contributed by atoms with Crippen molar-refractivity contribution in [3.05, 3.63) is 30.6 Å². The summed E-state index contributed by atoms with van der Waals surface area (Å²) in [6.07, 6.45) is 10.1. The lowest BCUT2D eigenvalue weighted by Gasteiger charge is -2.25. The molecule has 2 N–H and O–H groups in total. The zero-order valence-corrected chi connectivity index (χ0v) is 9.60. The monoisotopic (exact) mass is 218 g/mol. The Kier molecular flexibility index (Phi) is 3.44. The van der Waals surface area contributed by atoms with Crippen LogP contribution in [0.3, 0.4) is 0 Å². The van der Waals surface area contributed by atoms with E-state index in [2.05, 4.69) is 24.1 Å². The summed E-state index contributed by atoms with van der Waals surface area (Å²) >= 11 is 0. The number of allylic oxidation sites excluding steroid dienone is 2. The van der Waals surface area contributed by atoms with E-state index in [4.69, 9.17) is 10.5 Å². The maximum Gasteiger partial charge on any atom is 0.145 e. The molecule has 3 heteroatoms. The minimum atomic E-state index is 0.595. The van der Waals surface area contributed by atoms with Crippen molar-refractivity contribution in [1.29, 1.82) is 0 Å². The van der Waals surface area contributed by atoms with Crippen LogP contribution in [-0.2, 0) is 0 Å². The Morgan fingerprint density at radius 3 is 3.00 bits per heavy atom. The summed E-state index contributed by atoms with van der Waals surface area (Å²) in [5.41, 5.74) is 6.38. The number of nitrogens with zero attached hydrogens (tertiary/aromatic N) is 1. The first-order valence-corrected chi connectivity index (χ1v) is 5.74. The lowest BCUT2D eigenvalue weighted by Crippen LogP contribution is -2.21. The van der Waals surface area contributed by atoms with Crippen molar-refractivity contribution < 1.29 is 4.74 Å². The number of pyridine rings is 1. The third-order valence-electron chi connectivity index (χ3n) is 3.18. The van der Waals surface area contributed by atoms with Crippen molar-refractivity contribution in [3.63, 3.8) is 0 Å². The number of rotatable bonds is 3. The van der Waals surface area contributed by atoms with Crippen LogP contribution in [0.5, 0.6) is 5.75 Å². The SMILES string of the molecule is CC1CC=CCC1COc1ccncc1N. The topological polar surface area (TPSA) is 48.1 Å². The molecule has 0 fully saturated rings. The van der Waals surface area contributed by atoms with Gasteiger partial charge in [0.15, 0.2) is 0 Å². The smallest absolute Gasteiger partial charge is 0.145 e. The molecule has 0 amide bonds. The Bertz CT molecular complexity index is 376. The second-order valence-electron chi connectivity index (χ2n) is 4.40. The fraction of sp³-hybridized carbons (Fsp3) is 0.462. The summed E-state index contributed by atoms with van der Waals surface area (Å²) in [6.45, 7) is 3.01. The van der Waals surface area contributed by atoms with Gasteiger partial charge in [-0.25, -0.2) is 0 Å². The highest BCUT2D eigenvalue weighted by Gasteiger charge is 2.19. The van der Waals surface area contributed by atoms with Gasteiger partial charge in [-0.3, -0.25) is 4.98 Å². The number of ether oxygens (including phenoxy) is 1. The quantitative estimate of drug-likeness (QED) is 0.793. The maximum absolute atomic E-state index is 5.77. The number of aromatic nitrogens is 1. The number of nitrogen functional groups attached to an aromatic ring is 1. The van der Waals surface area contributed by atoms with Crippen molar-refractivity contribution in [2.24, 2.45) is 11.8 Å². The fourth-order valence-electron chi connectivity index (χ4n) is 1.96. The maximum atomic E-state index is 5.77. The van der Waals surface area contributed by atoms with Crippen LogP contribution < -0.4 is 10.5 Å². The summed E-state index contributed by atoms with van der Waals surface area (Å²) in [5, 5.41) is 0. The highest BCUT2D eigenvalue weighted by Crippen LogP contribution is 2.27. The average molecular weight is 218 g/mol. The molecule has 0 spiro atoms. The van der Waals surface area contributed by atoms with Gasteiger partial charge in [-0.15, -0.1) is 0 Å². The number of hydrogen-bond acceptors (Lipinski definition) is 3. The van der Waals surface area contributed by atoms with Gasteiger partial charge in [-0.2, -0.15) is 0 Å². The third-order valence-corrected chi connectivity index (χ3v) is 3.18. The van der Waals surface area contributed by atoms with Gasteiger partial charge >= 0.3 is 0 Å². The molecule has 2 rings (SSSR count).